The first-order chi connectivity index (χ1) is 13.6. The highest BCUT2D eigenvalue weighted by Crippen LogP contribution is 2.42. The van der Waals surface area contributed by atoms with Crippen LogP contribution in [0.25, 0.3) is 0 Å². The van der Waals surface area contributed by atoms with Crippen LogP contribution in [0.5, 0.6) is 5.75 Å². The van der Waals surface area contributed by atoms with E-state index in [0.717, 1.165) is 5.56 Å². The minimum Gasteiger partial charge on any atom is -0.497 e. The molecule has 0 radical (unpaired) electrons. The minimum atomic E-state index is -2.38. The lowest BCUT2D eigenvalue weighted by Gasteiger charge is -2.50. The molecule has 1 aliphatic rings. The van der Waals surface area contributed by atoms with Crippen LogP contribution in [0.1, 0.15) is 23.6 Å². The molecule has 1 aliphatic heterocycles. The number of rotatable bonds is 5. The van der Waals surface area contributed by atoms with Gasteiger partial charge >= 0.3 is 0 Å². The summed E-state index contributed by atoms with van der Waals surface area (Å²) in [5.41, 5.74) is 5.89. The van der Waals surface area contributed by atoms with Gasteiger partial charge in [0.2, 0.25) is 5.79 Å². The number of hydrogen-bond acceptors (Lipinski definition) is 8. The molecule has 8 heteroatoms. The van der Waals surface area contributed by atoms with Crippen molar-refractivity contribution in [2.75, 3.05) is 19.5 Å². The van der Waals surface area contributed by atoms with Crippen LogP contribution in [-0.2, 0) is 16.9 Å². The Hall–Kier alpha value is -2.20. The Morgan fingerprint density at radius 1 is 1.07 bits per heavy atom. The molecule has 0 amide bonds. The van der Waals surface area contributed by atoms with E-state index in [2.05, 4.69) is 0 Å². The number of aliphatic hydroxyl groups is 5. The predicted molar refractivity (Wildman–Crippen MR) is 105 cm³/mol. The van der Waals surface area contributed by atoms with Gasteiger partial charge in [-0.25, -0.2) is 0 Å². The molecule has 8 nitrogen and oxygen atoms in total. The van der Waals surface area contributed by atoms with E-state index in [1.54, 1.807) is 31.4 Å². The number of ether oxygens (including phenoxy) is 2. The quantitative estimate of drug-likeness (QED) is 0.378. The van der Waals surface area contributed by atoms with E-state index in [0.29, 0.717) is 23.4 Å². The standard InChI is InChI=1S/C21H27NO7/c1-20(26)17(11-23)29-21(27,19(25)18(20)24)16-10-14(22)6-5-13(16)9-12-3-7-15(28-2)8-4-12/h3-8,10,17-19,23-27H,9,11,22H2,1-2H3/t17-,18-,19-,20-,21-/m1/s1. The summed E-state index contributed by atoms with van der Waals surface area (Å²) in [5, 5.41) is 52.3. The molecule has 1 saturated heterocycles. The second-order valence-electron chi connectivity index (χ2n) is 7.54. The number of nitrogen functional groups attached to an aromatic ring is 1. The van der Waals surface area contributed by atoms with Gasteiger partial charge in [0, 0.05) is 11.3 Å². The molecule has 29 heavy (non-hydrogen) atoms. The van der Waals surface area contributed by atoms with Gasteiger partial charge in [0.15, 0.2) is 0 Å². The fourth-order valence-corrected chi connectivity index (χ4v) is 3.62. The van der Waals surface area contributed by atoms with Crippen molar-refractivity contribution < 1.29 is 35.0 Å². The summed E-state index contributed by atoms with van der Waals surface area (Å²) in [4.78, 5) is 0. The van der Waals surface area contributed by atoms with Gasteiger partial charge in [0.05, 0.1) is 13.7 Å². The summed E-state index contributed by atoms with van der Waals surface area (Å²) in [5.74, 6) is -1.68. The fraction of sp³-hybridized carbons (Fsp3) is 0.429. The first kappa shape index (κ1) is 21.5. The van der Waals surface area contributed by atoms with Gasteiger partial charge in [-0.1, -0.05) is 18.2 Å². The van der Waals surface area contributed by atoms with Crippen molar-refractivity contribution in [3.05, 3.63) is 59.2 Å². The molecule has 7 N–H and O–H groups in total. The van der Waals surface area contributed by atoms with E-state index >= 15 is 0 Å². The van der Waals surface area contributed by atoms with Crippen molar-refractivity contribution in [1.29, 1.82) is 0 Å². The first-order valence-corrected chi connectivity index (χ1v) is 9.24. The Morgan fingerprint density at radius 3 is 2.31 bits per heavy atom. The lowest BCUT2D eigenvalue weighted by Crippen LogP contribution is -2.69. The molecule has 0 aromatic heterocycles. The van der Waals surface area contributed by atoms with Crippen molar-refractivity contribution in [3.8, 4) is 5.75 Å². The Labute approximate surface area is 168 Å². The summed E-state index contributed by atoms with van der Waals surface area (Å²) in [6, 6.07) is 12.1. The Kier molecular flexibility index (Phi) is 5.86. The van der Waals surface area contributed by atoms with Crippen molar-refractivity contribution in [3.63, 3.8) is 0 Å². The molecule has 3 rings (SSSR count). The normalized spacial score (nSPS) is 32.2. The molecule has 2 aromatic carbocycles. The molecule has 1 fully saturated rings. The van der Waals surface area contributed by atoms with Crippen LogP contribution < -0.4 is 10.5 Å². The Morgan fingerprint density at radius 2 is 1.72 bits per heavy atom. The minimum absolute atomic E-state index is 0.147. The van der Waals surface area contributed by atoms with Gasteiger partial charge in [-0.15, -0.1) is 0 Å². The zero-order valence-electron chi connectivity index (χ0n) is 16.3. The van der Waals surface area contributed by atoms with Gasteiger partial charge < -0.3 is 40.7 Å². The zero-order valence-corrected chi connectivity index (χ0v) is 16.3. The van der Waals surface area contributed by atoms with Crippen LogP contribution in [0.4, 0.5) is 5.69 Å². The monoisotopic (exact) mass is 405 g/mol. The highest BCUT2D eigenvalue weighted by Gasteiger charge is 2.59. The van der Waals surface area contributed by atoms with Crippen LogP contribution in [0.3, 0.4) is 0 Å². The van der Waals surface area contributed by atoms with Gasteiger partial charge in [-0.05, 0) is 48.7 Å². The number of hydrogen-bond donors (Lipinski definition) is 6. The average molecular weight is 405 g/mol. The summed E-state index contributed by atoms with van der Waals surface area (Å²) in [7, 11) is 1.57. The lowest BCUT2D eigenvalue weighted by atomic mass is 9.79. The van der Waals surface area contributed by atoms with E-state index < -0.39 is 36.3 Å². The second-order valence-corrected chi connectivity index (χ2v) is 7.54. The molecule has 0 bridgehead atoms. The average Bonchev–Trinajstić information content (AvgIpc) is 2.71. The van der Waals surface area contributed by atoms with E-state index in [9.17, 15) is 25.5 Å². The molecule has 158 valence electrons. The van der Waals surface area contributed by atoms with Gasteiger partial charge in [0.25, 0.3) is 0 Å². The van der Waals surface area contributed by atoms with E-state index in [1.165, 1.54) is 13.0 Å². The van der Waals surface area contributed by atoms with Crippen LogP contribution in [0.15, 0.2) is 42.5 Å². The van der Waals surface area contributed by atoms with Crippen LogP contribution in [0, 0.1) is 0 Å². The molecular weight excluding hydrogens is 378 g/mol. The van der Waals surface area contributed by atoms with Crippen molar-refractivity contribution in [2.24, 2.45) is 0 Å². The Balaban J connectivity index is 2.03. The number of nitrogens with two attached hydrogens (primary N) is 1. The van der Waals surface area contributed by atoms with Gasteiger partial charge in [0.1, 0.15) is 29.7 Å². The largest absolute Gasteiger partial charge is 0.497 e. The molecule has 0 saturated carbocycles. The molecule has 2 aromatic rings. The number of anilines is 1. The summed E-state index contributed by atoms with van der Waals surface area (Å²) in [6.07, 6.45) is -4.61. The van der Waals surface area contributed by atoms with E-state index in [-0.39, 0.29) is 5.56 Å². The maximum atomic E-state index is 11.3. The van der Waals surface area contributed by atoms with Crippen LogP contribution in [0.2, 0.25) is 0 Å². The summed E-state index contributed by atoms with van der Waals surface area (Å²) in [6.45, 7) is 0.550. The third kappa shape index (κ3) is 3.83. The van der Waals surface area contributed by atoms with Gasteiger partial charge in [-0.3, -0.25) is 0 Å². The zero-order chi connectivity index (χ0) is 21.4. The second kappa shape index (κ2) is 7.91. The maximum absolute atomic E-state index is 11.3. The number of benzene rings is 2. The maximum Gasteiger partial charge on any atom is 0.222 e. The van der Waals surface area contributed by atoms with Crippen LogP contribution in [-0.4, -0.2) is 63.2 Å². The van der Waals surface area contributed by atoms with E-state index in [1.807, 2.05) is 12.1 Å². The Bertz CT molecular complexity index is 851. The third-order valence-corrected chi connectivity index (χ3v) is 5.51. The predicted octanol–water partition coefficient (Wildman–Crippen LogP) is -0.123. The van der Waals surface area contributed by atoms with E-state index in [4.69, 9.17) is 15.2 Å². The van der Waals surface area contributed by atoms with Crippen molar-refractivity contribution in [2.45, 2.75) is 43.0 Å². The summed E-state index contributed by atoms with van der Waals surface area (Å²) >= 11 is 0. The van der Waals surface area contributed by atoms with Gasteiger partial charge in [-0.2, -0.15) is 0 Å². The fourth-order valence-electron chi connectivity index (χ4n) is 3.62. The first-order valence-electron chi connectivity index (χ1n) is 9.24. The highest BCUT2D eigenvalue weighted by molar-refractivity contribution is 5.49. The molecule has 0 unspecified atom stereocenters. The molecule has 1 heterocycles. The number of methoxy groups -OCH3 is 1. The number of aliphatic hydroxyl groups excluding tert-OH is 3. The smallest absolute Gasteiger partial charge is 0.222 e. The topological polar surface area (TPSA) is 146 Å². The molecular formula is C21H27NO7. The highest BCUT2D eigenvalue weighted by atomic mass is 16.7. The van der Waals surface area contributed by atoms with Crippen LogP contribution >= 0.6 is 0 Å². The molecule has 0 spiro atoms. The van der Waals surface area contributed by atoms with Crippen molar-refractivity contribution >= 4 is 5.69 Å². The SMILES string of the molecule is COc1ccc(Cc2ccc(N)cc2[C@@]2(O)O[C@H](CO)[C@@](C)(O)[C@H](O)[C@H]2O)cc1. The lowest BCUT2D eigenvalue weighted by molar-refractivity contribution is -0.379. The molecule has 5 atom stereocenters. The summed E-state index contributed by atoms with van der Waals surface area (Å²) < 4.78 is 10.7. The molecule has 0 aliphatic carbocycles. The third-order valence-electron chi connectivity index (χ3n) is 5.51. The van der Waals surface area contributed by atoms with Crippen molar-refractivity contribution in [1.82, 2.24) is 0 Å².